The highest BCUT2D eigenvalue weighted by atomic mass is 79.9. The Kier molecular flexibility index (Phi) is 4.95. The Labute approximate surface area is 135 Å². The van der Waals surface area contributed by atoms with Crippen LogP contribution < -0.4 is 5.32 Å². The van der Waals surface area contributed by atoms with Crippen LogP contribution in [-0.4, -0.2) is 15.7 Å². The third-order valence-corrected chi connectivity index (χ3v) is 4.52. The van der Waals surface area contributed by atoms with Crippen LogP contribution in [0.1, 0.15) is 18.3 Å². The number of carbonyl (C=O) groups excluding carboxylic acids is 1. The van der Waals surface area contributed by atoms with Crippen LogP contribution in [0.4, 0.5) is 14.5 Å². The van der Waals surface area contributed by atoms with E-state index in [1.807, 2.05) is 13.8 Å². The number of halogens is 3. The maximum absolute atomic E-state index is 13.1. The number of hydrogen-bond donors (Lipinski definition) is 1. The highest BCUT2D eigenvalue weighted by molar-refractivity contribution is 9.10. The Morgan fingerprint density at radius 1 is 1.36 bits per heavy atom. The molecule has 1 unspecified atom stereocenters. The minimum atomic E-state index is -0.993. The lowest BCUT2D eigenvalue weighted by molar-refractivity contribution is -0.119. The predicted molar refractivity (Wildman–Crippen MR) is 83.6 cm³/mol. The van der Waals surface area contributed by atoms with Gasteiger partial charge in [-0.3, -0.25) is 9.48 Å². The molecule has 1 N–H and O–H groups in total. The zero-order chi connectivity index (χ0) is 16.4. The molecule has 0 radical (unpaired) electrons. The molecule has 0 spiro atoms. The lowest BCUT2D eigenvalue weighted by atomic mass is 10.1. The number of nitrogens with zero attached hydrogens (tertiary/aromatic N) is 2. The van der Waals surface area contributed by atoms with Crippen LogP contribution >= 0.6 is 15.9 Å². The van der Waals surface area contributed by atoms with E-state index >= 15 is 0 Å². The smallest absolute Gasteiger partial charge is 0.229 e. The molecule has 7 heteroatoms. The molecule has 2 aromatic rings. The summed E-state index contributed by atoms with van der Waals surface area (Å²) in [4.78, 5) is 12.1. The van der Waals surface area contributed by atoms with E-state index in [0.29, 0.717) is 6.54 Å². The summed E-state index contributed by atoms with van der Waals surface area (Å²) >= 11 is 3.43. The number of hydrogen-bond acceptors (Lipinski definition) is 2. The van der Waals surface area contributed by atoms with Gasteiger partial charge in [0.15, 0.2) is 11.6 Å². The van der Waals surface area contributed by atoms with E-state index in [0.717, 1.165) is 28.0 Å². The van der Waals surface area contributed by atoms with Gasteiger partial charge in [0.25, 0.3) is 0 Å². The molecule has 2 rings (SSSR count). The summed E-state index contributed by atoms with van der Waals surface area (Å²) in [5.74, 6) is -2.60. The summed E-state index contributed by atoms with van der Waals surface area (Å²) in [6.45, 7) is 5.93. The van der Waals surface area contributed by atoms with Crippen molar-refractivity contribution in [3.63, 3.8) is 0 Å². The zero-order valence-electron chi connectivity index (χ0n) is 12.5. The number of aryl methyl sites for hydroxylation is 1. The molecule has 0 saturated carbocycles. The Morgan fingerprint density at radius 3 is 2.59 bits per heavy atom. The average molecular weight is 372 g/mol. The molecular weight excluding hydrogens is 356 g/mol. The topological polar surface area (TPSA) is 46.9 Å². The molecule has 4 nitrogen and oxygen atoms in total. The number of carbonyl (C=O) groups is 1. The van der Waals surface area contributed by atoms with E-state index in [4.69, 9.17) is 0 Å². The van der Waals surface area contributed by atoms with Crippen molar-refractivity contribution in [2.24, 2.45) is 5.92 Å². The van der Waals surface area contributed by atoms with Gasteiger partial charge in [-0.2, -0.15) is 5.10 Å². The summed E-state index contributed by atoms with van der Waals surface area (Å²) in [6, 6.07) is 3.26. The lowest BCUT2D eigenvalue weighted by Crippen LogP contribution is -2.25. The first-order valence-corrected chi connectivity index (χ1v) is 7.54. The van der Waals surface area contributed by atoms with E-state index in [2.05, 4.69) is 26.3 Å². The Hall–Kier alpha value is -1.76. The molecule has 0 aliphatic rings. The second kappa shape index (κ2) is 6.56. The van der Waals surface area contributed by atoms with Gasteiger partial charge in [0, 0.05) is 17.4 Å². The fraction of sp³-hybridized carbons (Fsp3) is 0.333. The number of benzene rings is 1. The van der Waals surface area contributed by atoms with Crippen molar-refractivity contribution >= 4 is 27.5 Å². The highest BCUT2D eigenvalue weighted by Crippen LogP contribution is 2.21. The first-order chi connectivity index (χ1) is 10.3. The third kappa shape index (κ3) is 3.52. The second-order valence-corrected chi connectivity index (χ2v) is 5.98. The van der Waals surface area contributed by atoms with Crippen molar-refractivity contribution in [3.05, 3.63) is 45.7 Å². The summed E-state index contributed by atoms with van der Waals surface area (Å²) in [5, 5.41) is 6.92. The molecule has 1 aromatic carbocycles. The van der Waals surface area contributed by atoms with Crippen molar-refractivity contribution in [1.82, 2.24) is 9.78 Å². The molecule has 1 heterocycles. The van der Waals surface area contributed by atoms with Crippen LogP contribution in [0.25, 0.3) is 0 Å². The van der Waals surface area contributed by atoms with Crippen LogP contribution in [0.3, 0.4) is 0 Å². The molecule has 0 aliphatic carbocycles. The van der Waals surface area contributed by atoms with Crippen molar-refractivity contribution in [3.8, 4) is 0 Å². The van der Waals surface area contributed by atoms with Gasteiger partial charge >= 0.3 is 0 Å². The van der Waals surface area contributed by atoms with Crippen LogP contribution in [0.2, 0.25) is 0 Å². The quantitative estimate of drug-likeness (QED) is 0.887. The monoisotopic (exact) mass is 371 g/mol. The van der Waals surface area contributed by atoms with Gasteiger partial charge in [0.1, 0.15) is 0 Å². The first-order valence-electron chi connectivity index (χ1n) is 6.75. The molecule has 0 saturated heterocycles. The predicted octanol–water partition coefficient (Wildman–Crippen LogP) is 3.82. The van der Waals surface area contributed by atoms with Crippen molar-refractivity contribution < 1.29 is 13.6 Å². The Balaban J connectivity index is 2.05. The molecule has 0 bridgehead atoms. The van der Waals surface area contributed by atoms with Crippen molar-refractivity contribution in [2.75, 3.05) is 5.32 Å². The van der Waals surface area contributed by atoms with E-state index < -0.39 is 11.6 Å². The van der Waals surface area contributed by atoms with Gasteiger partial charge in [0.05, 0.1) is 22.6 Å². The van der Waals surface area contributed by atoms with Gasteiger partial charge in [-0.25, -0.2) is 8.78 Å². The van der Waals surface area contributed by atoms with Gasteiger partial charge in [-0.1, -0.05) is 6.92 Å². The summed E-state index contributed by atoms with van der Waals surface area (Å²) in [6.07, 6.45) is 0. The summed E-state index contributed by atoms with van der Waals surface area (Å²) in [5.41, 5.74) is 2.01. The number of rotatable bonds is 4. The number of aromatic nitrogens is 2. The first kappa shape index (κ1) is 16.6. The third-order valence-electron chi connectivity index (χ3n) is 3.37. The van der Waals surface area contributed by atoms with E-state index in [1.54, 1.807) is 11.6 Å². The van der Waals surface area contributed by atoms with Gasteiger partial charge in [0.2, 0.25) is 5.91 Å². The maximum atomic E-state index is 13.1. The standard InChI is InChI=1S/C15H16BrF2N3O/c1-8(7-21-10(3)14(16)9(2)20-21)15(22)19-11-4-5-12(17)13(18)6-11/h4-6,8H,7H2,1-3H3,(H,19,22). The van der Waals surface area contributed by atoms with Crippen LogP contribution in [0.5, 0.6) is 0 Å². The summed E-state index contributed by atoms with van der Waals surface area (Å²) < 4.78 is 28.7. The zero-order valence-corrected chi connectivity index (χ0v) is 14.0. The van der Waals surface area contributed by atoms with Crippen LogP contribution in [0, 0.1) is 31.4 Å². The molecule has 118 valence electrons. The Bertz CT molecular complexity index is 715. The van der Waals surface area contributed by atoms with Gasteiger partial charge in [-0.05, 0) is 41.9 Å². The molecule has 1 aromatic heterocycles. The van der Waals surface area contributed by atoms with Gasteiger partial charge in [-0.15, -0.1) is 0 Å². The van der Waals surface area contributed by atoms with Crippen LogP contribution in [-0.2, 0) is 11.3 Å². The maximum Gasteiger partial charge on any atom is 0.229 e. The normalized spacial score (nSPS) is 12.3. The molecule has 0 aliphatic heterocycles. The molecule has 0 fully saturated rings. The van der Waals surface area contributed by atoms with E-state index in [9.17, 15) is 13.6 Å². The minimum absolute atomic E-state index is 0.227. The van der Waals surface area contributed by atoms with Crippen molar-refractivity contribution in [1.29, 1.82) is 0 Å². The van der Waals surface area contributed by atoms with Crippen LogP contribution in [0.15, 0.2) is 22.7 Å². The average Bonchev–Trinajstić information content (AvgIpc) is 2.70. The van der Waals surface area contributed by atoms with Crippen molar-refractivity contribution in [2.45, 2.75) is 27.3 Å². The number of nitrogens with one attached hydrogen (secondary N) is 1. The molecule has 1 amide bonds. The largest absolute Gasteiger partial charge is 0.326 e. The van der Waals surface area contributed by atoms with E-state index in [1.165, 1.54) is 6.07 Å². The fourth-order valence-electron chi connectivity index (χ4n) is 2.03. The lowest BCUT2D eigenvalue weighted by Gasteiger charge is -2.13. The molecular formula is C15H16BrF2N3O. The SMILES string of the molecule is Cc1nn(CC(C)C(=O)Nc2ccc(F)c(F)c2)c(C)c1Br. The second-order valence-electron chi connectivity index (χ2n) is 5.19. The van der Waals surface area contributed by atoms with Gasteiger partial charge < -0.3 is 5.32 Å². The molecule has 22 heavy (non-hydrogen) atoms. The molecule has 1 atom stereocenters. The highest BCUT2D eigenvalue weighted by Gasteiger charge is 2.17. The van der Waals surface area contributed by atoms with E-state index in [-0.39, 0.29) is 17.5 Å². The minimum Gasteiger partial charge on any atom is -0.326 e. The summed E-state index contributed by atoms with van der Waals surface area (Å²) in [7, 11) is 0. The Morgan fingerprint density at radius 2 is 2.05 bits per heavy atom. The number of anilines is 1. The fourth-order valence-corrected chi connectivity index (χ4v) is 2.32. The number of amides is 1.